The lowest BCUT2D eigenvalue weighted by atomic mass is 10.3. The Morgan fingerprint density at radius 1 is 1.46 bits per heavy atom. The molecular formula is C7H8BrN5. The van der Waals surface area contributed by atoms with Crippen LogP contribution >= 0.6 is 15.9 Å². The van der Waals surface area contributed by atoms with E-state index in [1.165, 1.54) is 0 Å². The van der Waals surface area contributed by atoms with Gasteiger partial charge >= 0.3 is 0 Å². The summed E-state index contributed by atoms with van der Waals surface area (Å²) in [6, 6.07) is 1.89. The van der Waals surface area contributed by atoms with Crippen LogP contribution in [0.5, 0.6) is 0 Å². The highest BCUT2D eigenvalue weighted by Gasteiger charge is 2.02. The van der Waals surface area contributed by atoms with Gasteiger partial charge in [0, 0.05) is 18.3 Å². The summed E-state index contributed by atoms with van der Waals surface area (Å²) < 4.78 is 2.16. The number of hydrogen-bond donors (Lipinski definition) is 1. The van der Waals surface area contributed by atoms with Gasteiger partial charge in [0.1, 0.15) is 0 Å². The van der Waals surface area contributed by atoms with Crippen molar-refractivity contribution in [1.82, 2.24) is 19.6 Å². The number of hydrogen-bond acceptors (Lipinski definition) is 4. The molecule has 0 saturated heterocycles. The van der Waals surface area contributed by atoms with Gasteiger partial charge in [-0.15, -0.1) is 5.10 Å². The molecule has 5 nitrogen and oxygen atoms in total. The predicted molar refractivity (Wildman–Crippen MR) is 51.2 cm³/mol. The minimum absolute atomic E-state index is 0.546. The summed E-state index contributed by atoms with van der Waals surface area (Å²) in [6.45, 7) is 0.596. The fraction of sp³-hybridized carbons (Fsp3) is 0.286. The first kappa shape index (κ1) is 8.58. The number of fused-ring (bicyclic) bond motifs is 1. The Balaban J connectivity index is 2.48. The molecule has 2 rings (SSSR count). The van der Waals surface area contributed by atoms with Crippen LogP contribution in [0.3, 0.4) is 0 Å². The van der Waals surface area contributed by atoms with Gasteiger partial charge in [0.25, 0.3) is 5.78 Å². The molecule has 0 saturated carbocycles. The second kappa shape index (κ2) is 3.39. The van der Waals surface area contributed by atoms with Crippen molar-refractivity contribution in [2.75, 3.05) is 6.54 Å². The Labute approximate surface area is 83.1 Å². The first-order valence-corrected chi connectivity index (χ1v) is 4.67. The van der Waals surface area contributed by atoms with Crippen molar-refractivity contribution in [2.45, 2.75) is 6.42 Å². The predicted octanol–water partition coefficient (Wildman–Crippen LogP) is 0.388. The average molecular weight is 242 g/mol. The maximum atomic E-state index is 5.42. The lowest BCUT2D eigenvalue weighted by molar-refractivity contribution is 0.877. The van der Waals surface area contributed by atoms with Crippen molar-refractivity contribution >= 4 is 21.7 Å². The molecule has 0 spiro atoms. The van der Waals surface area contributed by atoms with E-state index in [9.17, 15) is 0 Å². The molecule has 0 unspecified atom stereocenters. The van der Waals surface area contributed by atoms with Crippen molar-refractivity contribution in [3.63, 3.8) is 0 Å². The second-order valence-electron chi connectivity index (χ2n) is 2.58. The molecule has 0 aliphatic carbocycles. The molecule has 6 heteroatoms. The summed E-state index contributed by atoms with van der Waals surface area (Å²) in [6.07, 6.45) is 2.59. The molecule has 0 aliphatic heterocycles. The number of rotatable bonds is 2. The van der Waals surface area contributed by atoms with Crippen molar-refractivity contribution in [3.05, 3.63) is 22.7 Å². The van der Waals surface area contributed by atoms with Crippen molar-refractivity contribution in [2.24, 2.45) is 5.73 Å². The molecule has 0 atom stereocenters. The van der Waals surface area contributed by atoms with E-state index in [1.54, 1.807) is 4.52 Å². The van der Waals surface area contributed by atoms with Gasteiger partial charge in [-0.2, -0.15) is 4.98 Å². The van der Waals surface area contributed by atoms with E-state index < -0.39 is 0 Å². The Morgan fingerprint density at radius 2 is 2.31 bits per heavy atom. The lowest BCUT2D eigenvalue weighted by Gasteiger charge is -1.96. The average Bonchev–Trinajstić information content (AvgIpc) is 2.44. The molecule has 0 fully saturated rings. The molecule has 2 N–H and O–H groups in total. The van der Waals surface area contributed by atoms with Crippen LogP contribution in [-0.2, 0) is 6.42 Å². The summed E-state index contributed by atoms with van der Waals surface area (Å²) in [4.78, 5) is 8.34. The van der Waals surface area contributed by atoms with Crippen LogP contribution in [0.25, 0.3) is 5.78 Å². The summed E-state index contributed by atoms with van der Waals surface area (Å²) in [5, 5.41) is 4.04. The molecule has 0 aliphatic rings. The van der Waals surface area contributed by atoms with Crippen LogP contribution in [0.4, 0.5) is 0 Å². The van der Waals surface area contributed by atoms with Crippen LogP contribution in [0, 0.1) is 0 Å². The highest BCUT2D eigenvalue weighted by atomic mass is 79.9. The van der Waals surface area contributed by atoms with Crippen molar-refractivity contribution in [1.29, 1.82) is 0 Å². The first-order chi connectivity index (χ1) is 6.29. The quantitative estimate of drug-likeness (QED) is 0.826. The van der Waals surface area contributed by atoms with E-state index >= 15 is 0 Å². The Hall–Kier alpha value is -1.01. The molecule has 13 heavy (non-hydrogen) atoms. The highest BCUT2D eigenvalue weighted by Crippen LogP contribution is 2.05. The largest absolute Gasteiger partial charge is 0.330 e. The topological polar surface area (TPSA) is 69.1 Å². The number of aromatic nitrogens is 4. The summed E-state index contributed by atoms with van der Waals surface area (Å²) in [7, 11) is 0. The molecule has 2 heterocycles. The third kappa shape index (κ3) is 1.68. The van der Waals surface area contributed by atoms with E-state index in [1.807, 2.05) is 12.3 Å². The molecule has 0 aromatic carbocycles. The van der Waals surface area contributed by atoms with E-state index in [0.717, 1.165) is 12.1 Å². The lowest BCUT2D eigenvalue weighted by Crippen LogP contribution is -2.05. The fourth-order valence-electron chi connectivity index (χ4n) is 1.08. The van der Waals surface area contributed by atoms with Gasteiger partial charge in [0.2, 0.25) is 4.73 Å². The highest BCUT2D eigenvalue weighted by molar-refractivity contribution is 9.10. The normalized spacial score (nSPS) is 10.9. The smallest absolute Gasteiger partial charge is 0.253 e. The van der Waals surface area contributed by atoms with Crippen LogP contribution in [0.15, 0.2) is 17.0 Å². The van der Waals surface area contributed by atoms with Gasteiger partial charge in [0.15, 0.2) is 0 Å². The molecule has 2 aromatic heterocycles. The zero-order chi connectivity index (χ0) is 9.26. The zero-order valence-corrected chi connectivity index (χ0v) is 8.40. The first-order valence-electron chi connectivity index (χ1n) is 3.87. The van der Waals surface area contributed by atoms with E-state index in [0.29, 0.717) is 17.1 Å². The molecule has 0 radical (unpaired) electrons. The van der Waals surface area contributed by atoms with Crippen LogP contribution in [-0.4, -0.2) is 26.1 Å². The SMILES string of the molecule is NCCc1ccn2nc(Br)nc2n1. The van der Waals surface area contributed by atoms with E-state index in [4.69, 9.17) is 5.73 Å². The third-order valence-corrected chi connectivity index (χ3v) is 1.98. The van der Waals surface area contributed by atoms with Gasteiger partial charge in [-0.1, -0.05) is 0 Å². The summed E-state index contributed by atoms with van der Waals surface area (Å²) in [5.41, 5.74) is 6.36. The van der Waals surface area contributed by atoms with Crippen molar-refractivity contribution in [3.8, 4) is 0 Å². The fourth-order valence-corrected chi connectivity index (χ4v) is 1.40. The maximum Gasteiger partial charge on any atom is 0.253 e. The van der Waals surface area contributed by atoms with Gasteiger partial charge in [-0.25, -0.2) is 9.50 Å². The Kier molecular flexibility index (Phi) is 2.24. The number of halogens is 1. The molecule has 68 valence electrons. The van der Waals surface area contributed by atoms with Gasteiger partial charge in [0.05, 0.1) is 0 Å². The molecular weight excluding hydrogens is 234 g/mol. The van der Waals surface area contributed by atoms with Crippen LogP contribution in [0.2, 0.25) is 0 Å². The standard InChI is InChI=1S/C7H8BrN5/c8-6-11-7-10-5(1-3-9)2-4-13(7)12-6/h2,4H,1,3,9H2. The minimum Gasteiger partial charge on any atom is -0.330 e. The van der Waals surface area contributed by atoms with Gasteiger partial charge in [-0.05, 0) is 28.5 Å². The third-order valence-electron chi connectivity index (χ3n) is 1.64. The Bertz CT molecular complexity index is 424. The molecule has 0 bridgehead atoms. The number of nitrogens with two attached hydrogens (primary N) is 1. The summed E-state index contributed by atoms with van der Waals surface area (Å²) >= 11 is 3.18. The van der Waals surface area contributed by atoms with E-state index in [-0.39, 0.29) is 0 Å². The van der Waals surface area contributed by atoms with Crippen LogP contribution < -0.4 is 5.73 Å². The molecule has 0 amide bonds. The minimum atomic E-state index is 0.546. The van der Waals surface area contributed by atoms with Crippen molar-refractivity contribution < 1.29 is 0 Å². The van der Waals surface area contributed by atoms with Crippen LogP contribution in [0.1, 0.15) is 5.69 Å². The summed E-state index contributed by atoms with van der Waals surface area (Å²) in [5.74, 6) is 0.595. The van der Waals surface area contributed by atoms with Gasteiger partial charge < -0.3 is 5.73 Å². The zero-order valence-electron chi connectivity index (χ0n) is 6.81. The maximum absolute atomic E-state index is 5.42. The molecule has 2 aromatic rings. The number of nitrogens with zero attached hydrogens (tertiary/aromatic N) is 4. The monoisotopic (exact) mass is 241 g/mol. The van der Waals surface area contributed by atoms with E-state index in [2.05, 4.69) is 31.0 Å². The van der Waals surface area contributed by atoms with Gasteiger partial charge in [-0.3, -0.25) is 0 Å². The Morgan fingerprint density at radius 3 is 3.08 bits per heavy atom. The second-order valence-corrected chi connectivity index (χ2v) is 3.29.